The highest BCUT2D eigenvalue weighted by molar-refractivity contribution is 6.16. The molecule has 3 nitrogen and oxygen atoms in total. The van der Waals surface area contributed by atoms with Crippen LogP contribution in [0, 0.1) is 6.92 Å². The van der Waals surface area contributed by atoms with Crippen molar-refractivity contribution in [1.29, 1.82) is 0 Å². The second-order valence-corrected chi connectivity index (χ2v) is 9.83. The predicted molar refractivity (Wildman–Crippen MR) is 151 cm³/mol. The second-order valence-electron chi connectivity index (χ2n) is 9.83. The van der Waals surface area contributed by atoms with Crippen molar-refractivity contribution >= 4 is 11.4 Å². The molecule has 184 valence electrons. The van der Waals surface area contributed by atoms with Crippen molar-refractivity contribution in [2.75, 3.05) is 7.11 Å². The van der Waals surface area contributed by atoms with E-state index in [4.69, 9.17) is 9.73 Å². The van der Waals surface area contributed by atoms with Gasteiger partial charge in [-0.3, -0.25) is 0 Å². The van der Waals surface area contributed by atoms with E-state index in [0.717, 1.165) is 39.4 Å². The lowest BCUT2D eigenvalue weighted by molar-refractivity contribution is 0.415. The van der Waals surface area contributed by atoms with Gasteiger partial charge in [0.15, 0.2) is 0 Å². The molecule has 0 saturated heterocycles. The molecule has 0 radical (unpaired) electrons. The van der Waals surface area contributed by atoms with Crippen LogP contribution in [0.25, 0.3) is 11.1 Å². The molecule has 0 unspecified atom stereocenters. The van der Waals surface area contributed by atoms with Crippen LogP contribution in [0.5, 0.6) is 11.5 Å². The second kappa shape index (κ2) is 10.8. The molecule has 0 aliphatic carbocycles. The first-order chi connectivity index (χ1) is 17.3. The smallest absolute Gasteiger partial charge is 0.132 e. The van der Waals surface area contributed by atoms with Crippen LogP contribution in [0.2, 0.25) is 0 Å². The molecule has 0 spiro atoms. The fourth-order valence-electron chi connectivity index (χ4n) is 4.66. The Morgan fingerprint density at radius 2 is 1.36 bits per heavy atom. The average Bonchev–Trinajstić information content (AvgIpc) is 2.88. The number of para-hydroxylation sites is 2. The molecule has 4 aromatic rings. The van der Waals surface area contributed by atoms with Gasteiger partial charge in [0.1, 0.15) is 11.5 Å². The van der Waals surface area contributed by atoms with Crippen molar-refractivity contribution in [2.24, 2.45) is 4.99 Å². The van der Waals surface area contributed by atoms with E-state index in [1.54, 1.807) is 7.11 Å². The molecule has 36 heavy (non-hydrogen) atoms. The maximum atomic E-state index is 11.7. The molecule has 0 aromatic heterocycles. The molecule has 1 N–H and O–H groups in total. The van der Waals surface area contributed by atoms with Gasteiger partial charge in [-0.15, -0.1) is 0 Å². The molecule has 4 rings (SSSR count). The molecule has 0 aliphatic rings. The number of hydrogen-bond donors (Lipinski definition) is 1. The van der Waals surface area contributed by atoms with Crippen LogP contribution >= 0.6 is 0 Å². The van der Waals surface area contributed by atoms with Crippen molar-refractivity contribution in [3.63, 3.8) is 0 Å². The van der Waals surface area contributed by atoms with E-state index in [0.29, 0.717) is 17.4 Å². The molecular formula is C33H35NO2. The zero-order valence-corrected chi connectivity index (χ0v) is 22.0. The lowest BCUT2D eigenvalue weighted by Gasteiger charge is -2.20. The van der Waals surface area contributed by atoms with Gasteiger partial charge >= 0.3 is 0 Å². The van der Waals surface area contributed by atoms with E-state index in [1.807, 2.05) is 61.5 Å². The van der Waals surface area contributed by atoms with E-state index in [1.165, 1.54) is 11.1 Å². The largest absolute Gasteiger partial charge is 0.507 e. The van der Waals surface area contributed by atoms with Gasteiger partial charge in [-0.25, -0.2) is 4.99 Å². The normalized spacial score (nSPS) is 11.8. The number of methoxy groups -OCH3 is 1. The topological polar surface area (TPSA) is 41.8 Å². The first-order valence-electron chi connectivity index (χ1n) is 12.6. The third kappa shape index (κ3) is 5.06. The van der Waals surface area contributed by atoms with Gasteiger partial charge in [-0.1, -0.05) is 94.4 Å². The summed E-state index contributed by atoms with van der Waals surface area (Å²) in [5.74, 6) is 1.54. The van der Waals surface area contributed by atoms with Gasteiger partial charge in [0, 0.05) is 22.3 Å². The number of aryl methyl sites for hydroxylation is 1. The van der Waals surface area contributed by atoms with Crippen LogP contribution in [0.4, 0.5) is 5.69 Å². The Hall–Kier alpha value is -3.85. The highest BCUT2D eigenvalue weighted by Crippen LogP contribution is 2.41. The zero-order valence-electron chi connectivity index (χ0n) is 22.0. The van der Waals surface area contributed by atoms with Gasteiger partial charge < -0.3 is 9.84 Å². The SMILES string of the molecule is COc1ccccc1-c1cc(C)cc(C(=Nc2c(C(C)C)cccc2C(C)C)c2ccccc2)c1O. The Balaban J connectivity index is 2.06. The summed E-state index contributed by atoms with van der Waals surface area (Å²) in [6.07, 6.45) is 0. The summed E-state index contributed by atoms with van der Waals surface area (Å²) in [5, 5.41) is 11.7. The zero-order chi connectivity index (χ0) is 25.8. The molecule has 0 atom stereocenters. The van der Waals surface area contributed by atoms with Crippen LogP contribution in [-0.2, 0) is 0 Å². The fraction of sp³-hybridized carbons (Fsp3) is 0.242. The monoisotopic (exact) mass is 477 g/mol. The van der Waals surface area contributed by atoms with E-state index in [9.17, 15) is 5.11 Å². The molecule has 0 saturated carbocycles. The summed E-state index contributed by atoms with van der Waals surface area (Å²) in [6.45, 7) is 10.8. The number of benzene rings is 4. The molecule has 0 bridgehead atoms. The summed E-state index contributed by atoms with van der Waals surface area (Å²) in [6, 6.07) is 28.4. The summed E-state index contributed by atoms with van der Waals surface area (Å²) in [5.41, 5.74) is 8.41. The number of aromatic hydroxyl groups is 1. The van der Waals surface area contributed by atoms with Gasteiger partial charge in [0.05, 0.1) is 18.5 Å². The van der Waals surface area contributed by atoms with E-state index in [2.05, 4.69) is 58.0 Å². The van der Waals surface area contributed by atoms with Crippen molar-refractivity contribution in [1.82, 2.24) is 0 Å². The van der Waals surface area contributed by atoms with Crippen LogP contribution in [-0.4, -0.2) is 17.9 Å². The third-order valence-electron chi connectivity index (χ3n) is 6.52. The Morgan fingerprint density at radius 1 is 0.750 bits per heavy atom. The number of ether oxygens (including phenoxy) is 1. The Bertz CT molecular complexity index is 1360. The fourth-order valence-corrected chi connectivity index (χ4v) is 4.66. The number of phenolic OH excluding ortho intramolecular Hbond substituents is 1. The minimum Gasteiger partial charge on any atom is -0.507 e. The number of hydrogen-bond acceptors (Lipinski definition) is 3. The number of nitrogens with zero attached hydrogens (tertiary/aromatic N) is 1. The van der Waals surface area contributed by atoms with Gasteiger partial charge in [0.25, 0.3) is 0 Å². The quantitative estimate of drug-likeness (QED) is 0.270. The molecule has 3 heteroatoms. The lowest BCUT2D eigenvalue weighted by atomic mass is 9.91. The van der Waals surface area contributed by atoms with E-state index >= 15 is 0 Å². The van der Waals surface area contributed by atoms with Crippen LogP contribution in [0.15, 0.2) is 89.9 Å². The van der Waals surface area contributed by atoms with Gasteiger partial charge in [-0.05, 0) is 53.6 Å². The van der Waals surface area contributed by atoms with Crippen LogP contribution in [0.3, 0.4) is 0 Å². The predicted octanol–water partition coefficient (Wildman–Crippen LogP) is 8.79. The highest BCUT2D eigenvalue weighted by atomic mass is 16.5. The summed E-state index contributed by atoms with van der Waals surface area (Å²) < 4.78 is 5.62. The van der Waals surface area contributed by atoms with E-state index in [-0.39, 0.29) is 5.75 Å². The minimum absolute atomic E-state index is 0.195. The summed E-state index contributed by atoms with van der Waals surface area (Å²) in [4.78, 5) is 5.35. The Kier molecular flexibility index (Phi) is 7.59. The number of aliphatic imine (C=N–C) groups is 1. The summed E-state index contributed by atoms with van der Waals surface area (Å²) >= 11 is 0. The molecule has 0 amide bonds. The first-order valence-corrected chi connectivity index (χ1v) is 12.6. The highest BCUT2D eigenvalue weighted by Gasteiger charge is 2.21. The lowest BCUT2D eigenvalue weighted by Crippen LogP contribution is -2.06. The molecule has 0 fully saturated rings. The minimum atomic E-state index is 0.195. The number of rotatable bonds is 7. The maximum Gasteiger partial charge on any atom is 0.132 e. The van der Waals surface area contributed by atoms with Crippen molar-refractivity contribution in [2.45, 2.75) is 46.5 Å². The van der Waals surface area contributed by atoms with Crippen molar-refractivity contribution < 1.29 is 9.84 Å². The number of phenols is 1. The van der Waals surface area contributed by atoms with Crippen molar-refractivity contribution in [3.05, 3.63) is 113 Å². The third-order valence-corrected chi connectivity index (χ3v) is 6.52. The molecule has 0 heterocycles. The standard InChI is InChI=1S/C33H35NO2/c1-21(2)25-16-12-17-26(22(3)4)32(25)34-31(24-13-8-7-9-14-24)29-20-23(5)19-28(33(29)35)27-15-10-11-18-30(27)36-6/h7-22,35H,1-6H3. The van der Waals surface area contributed by atoms with Gasteiger partial charge in [-0.2, -0.15) is 0 Å². The molecular weight excluding hydrogens is 442 g/mol. The molecule has 4 aromatic carbocycles. The average molecular weight is 478 g/mol. The Labute approximate surface area is 215 Å². The van der Waals surface area contributed by atoms with Crippen molar-refractivity contribution in [3.8, 4) is 22.6 Å². The van der Waals surface area contributed by atoms with Crippen LogP contribution < -0.4 is 4.74 Å². The Morgan fingerprint density at radius 3 is 1.97 bits per heavy atom. The van der Waals surface area contributed by atoms with E-state index < -0.39 is 0 Å². The summed E-state index contributed by atoms with van der Waals surface area (Å²) in [7, 11) is 1.65. The van der Waals surface area contributed by atoms with Gasteiger partial charge in [0.2, 0.25) is 0 Å². The maximum absolute atomic E-state index is 11.7. The first kappa shape index (κ1) is 25.2. The van der Waals surface area contributed by atoms with Crippen LogP contribution in [0.1, 0.15) is 67.3 Å². The molecule has 0 aliphatic heterocycles.